The van der Waals surface area contributed by atoms with Crippen molar-refractivity contribution in [1.82, 2.24) is 9.47 Å². The Labute approximate surface area is 173 Å². The number of hydrogen-bond acceptors (Lipinski definition) is 2. The number of hydrogen-bond donors (Lipinski definition) is 1. The van der Waals surface area contributed by atoms with Crippen LogP contribution in [0.4, 0.5) is 5.69 Å². The zero-order valence-corrected chi connectivity index (χ0v) is 16.7. The van der Waals surface area contributed by atoms with Crippen LogP contribution in [0.1, 0.15) is 17.3 Å². The maximum Gasteiger partial charge on any atom is 0.254 e. The van der Waals surface area contributed by atoms with Gasteiger partial charge in [0.05, 0.1) is 15.7 Å². The lowest BCUT2D eigenvalue weighted by Crippen LogP contribution is -2.37. The smallest absolute Gasteiger partial charge is 0.254 e. The summed E-state index contributed by atoms with van der Waals surface area (Å²) in [5.74, 6) is -0.587. The molecule has 7 heteroatoms. The van der Waals surface area contributed by atoms with Gasteiger partial charge in [0, 0.05) is 30.2 Å². The van der Waals surface area contributed by atoms with Crippen LogP contribution in [-0.4, -0.2) is 34.4 Å². The van der Waals surface area contributed by atoms with E-state index in [2.05, 4.69) is 5.32 Å². The molecule has 0 radical (unpaired) electrons. The predicted octanol–water partition coefficient (Wildman–Crippen LogP) is 4.88. The SMILES string of the molecule is CCN(CC(=O)Nc1c(Cl)cccc1Cl)C(=O)c1ccc(-n2cccc2)cc1. The fourth-order valence-electron chi connectivity index (χ4n) is 2.76. The van der Waals surface area contributed by atoms with Gasteiger partial charge in [0.15, 0.2) is 0 Å². The quantitative estimate of drug-likeness (QED) is 0.623. The molecule has 28 heavy (non-hydrogen) atoms. The molecule has 3 aromatic rings. The van der Waals surface area contributed by atoms with Crippen LogP contribution in [0.5, 0.6) is 0 Å². The van der Waals surface area contributed by atoms with E-state index in [0.717, 1.165) is 5.69 Å². The van der Waals surface area contributed by atoms with Crippen LogP contribution >= 0.6 is 23.2 Å². The molecular formula is C21H19Cl2N3O2. The van der Waals surface area contributed by atoms with E-state index in [1.807, 2.05) is 48.1 Å². The number of likely N-dealkylation sites (N-methyl/N-ethyl adjacent to an activating group) is 1. The average molecular weight is 416 g/mol. The van der Waals surface area contributed by atoms with Crippen molar-refractivity contribution >= 4 is 40.7 Å². The number of para-hydroxylation sites is 1. The summed E-state index contributed by atoms with van der Waals surface area (Å²) >= 11 is 12.2. The number of carbonyl (C=O) groups excluding carboxylic acids is 2. The van der Waals surface area contributed by atoms with Crippen LogP contribution in [0, 0.1) is 0 Å². The summed E-state index contributed by atoms with van der Waals surface area (Å²) in [6, 6.07) is 16.1. The summed E-state index contributed by atoms with van der Waals surface area (Å²) in [7, 11) is 0. The predicted molar refractivity (Wildman–Crippen MR) is 112 cm³/mol. The maximum absolute atomic E-state index is 12.8. The third-order valence-electron chi connectivity index (χ3n) is 4.25. The van der Waals surface area contributed by atoms with E-state index >= 15 is 0 Å². The zero-order valence-electron chi connectivity index (χ0n) is 15.2. The van der Waals surface area contributed by atoms with Crippen molar-refractivity contribution in [2.75, 3.05) is 18.4 Å². The Morgan fingerprint density at radius 2 is 1.57 bits per heavy atom. The normalized spacial score (nSPS) is 10.5. The molecule has 0 saturated heterocycles. The standard InChI is InChI=1S/C21H19Cl2N3O2/c1-2-25(14-19(27)24-20-17(22)6-5-7-18(20)23)21(28)15-8-10-16(11-9-15)26-12-3-4-13-26/h3-13H,2,14H2,1H3,(H,24,27). The van der Waals surface area contributed by atoms with E-state index in [1.54, 1.807) is 30.3 Å². The Morgan fingerprint density at radius 1 is 0.964 bits per heavy atom. The minimum absolute atomic E-state index is 0.101. The van der Waals surface area contributed by atoms with Gasteiger partial charge in [0.25, 0.3) is 5.91 Å². The first-order chi connectivity index (χ1) is 13.5. The van der Waals surface area contributed by atoms with Crippen molar-refractivity contribution in [1.29, 1.82) is 0 Å². The first-order valence-corrected chi connectivity index (χ1v) is 9.51. The van der Waals surface area contributed by atoms with Crippen molar-refractivity contribution in [2.45, 2.75) is 6.92 Å². The van der Waals surface area contributed by atoms with E-state index in [4.69, 9.17) is 23.2 Å². The Kier molecular flexibility index (Phi) is 6.39. The van der Waals surface area contributed by atoms with Crippen molar-refractivity contribution in [3.63, 3.8) is 0 Å². The summed E-state index contributed by atoms with van der Waals surface area (Å²) in [5, 5.41) is 3.36. The van der Waals surface area contributed by atoms with Crippen LogP contribution in [0.15, 0.2) is 67.0 Å². The zero-order chi connectivity index (χ0) is 20.1. The molecule has 0 fully saturated rings. The number of benzene rings is 2. The van der Waals surface area contributed by atoms with Gasteiger partial charge in [0.1, 0.15) is 6.54 Å². The molecule has 0 aliphatic rings. The summed E-state index contributed by atoms with van der Waals surface area (Å²) in [6.45, 7) is 2.11. The highest BCUT2D eigenvalue weighted by molar-refractivity contribution is 6.39. The highest BCUT2D eigenvalue weighted by atomic mass is 35.5. The van der Waals surface area contributed by atoms with Crippen LogP contribution in [0.2, 0.25) is 10.0 Å². The van der Waals surface area contributed by atoms with Crippen molar-refractivity contribution in [2.24, 2.45) is 0 Å². The Morgan fingerprint density at radius 3 is 2.14 bits per heavy atom. The van der Waals surface area contributed by atoms with Crippen molar-refractivity contribution in [3.05, 3.63) is 82.6 Å². The molecule has 0 atom stereocenters. The van der Waals surface area contributed by atoms with Crippen molar-refractivity contribution < 1.29 is 9.59 Å². The molecule has 0 aliphatic heterocycles. The lowest BCUT2D eigenvalue weighted by atomic mass is 10.1. The number of carbonyl (C=O) groups is 2. The number of amides is 2. The monoisotopic (exact) mass is 415 g/mol. The fourth-order valence-corrected chi connectivity index (χ4v) is 3.25. The van der Waals surface area contributed by atoms with Gasteiger partial charge < -0.3 is 14.8 Å². The van der Waals surface area contributed by atoms with Gasteiger partial charge in [-0.15, -0.1) is 0 Å². The molecule has 1 N–H and O–H groups in total. The van der Waals surface area contributed by atoms with Gasteiger partial charge in [-0.1, -0.05) is 29.3 Å². The maximum atomic E-state index is 12.8. The van der Waals surface area contributed by atoms with Gasteiger partial charge in [-0.2, -0.15) is 0 Å². The molecule has 0 saturated carbocycles. The van der Waals surface area contributed by atoms with Gasteiger partial charge in [-0.3, -0.25) is 9.59 Å². The minimum Gasteiger partial charge on any atom is -0.330 e. The largest absolute Gasteiger partial charge is 0.330 e. The molecule has 2 aromatic carbocycles. The first-order valence-electron chi connectivity index (χ1n) is 8.76. The number of anilines is 1. The summed E-state index contributed by atoms with van der Waals surface area (Å²) in [5.41, 5.74) is 1.81. The van der Waals surface area contributed by atoms with Crippen LogP contribution in [0.3, 0.4) is 0 Å². The number of nitrogens with one attached hydrogen (secondary N) is 1. The summed E-state index contributed by atoms with van der Waals surface area (Å²) < 4.78 is 1.95. The fraction of sp³-hybridized carbons (Fsp3) is 0.143. The van der Waals surface area contributed by atoms with E-state index in [9.17, 15) is 9.59 Å². The third kappa shape index (κ3) is 4.55. The molecule has 0 spiro atoms. The van der Waals surface area contributed by atoms with Gasteiger partial charge >= 0.3 is 0 Å². The van der Waals surface area contributed by atoms with Crippen molar-refractivity contribution in [3.8, 4) is 5.69 Å². The molecule has 1 aromatic heterocycles. The molecular weight excluding hydrogens is 397 g/mol. The lowest BCUT2D eigenvalue weighted by molar-refractivity contribution is -0.116. The van der Waals surface area contributed by atoms with E-state index < -0.39 is 0 Å². The minimum atomic E-state index is -0.367. The van der Waals surface area contributed by atoms with Gasteiger partial charge in [-0.25, -0.2) is 0 Å². The summed E-state index contributed by atoms with van der Waals surface area (Å²) in [4.78, 5) is 26.7. The second-order valence-corrected chi connectivity index (χ2v) is 6.92. The van der Waals surface area contributed by atoms with E-state index in [-0.39, 0.29) is 18.4 Å². The summed E-state index contributed by atoms with van der Waals surface area (Å²) in [6.07, 6.45) is 3.86. The topological polar surface area (TPSA) is 54.3 Å². The third-order valence-corrected chi connectivity index (χ3v) is 4.88. The molecule has 0 bridgehead atoms. The Bertz CT molecular complexity index is 950. The lowest BCUT2D eigenvalue weighted by Gasteiger charge is -2.21. The van der Waals surface area contributed by atoms with E-state index in [0.29, 0.717) is 27.8 Å². The highest BCUT2D eigenvalue weighted by Gasteiger charge is 2.18. The second-order valence-electron chi connectivity index (χ2n) is 6.10. The first kappa shape index (κ1) is 20.0. The average Bonchev–Trinajstić information content (AvgIpc) is 3.23. The Hall–Kier alpha value is -2.76. The van der Waals surface area contributed by atoms with Crippen LogP contribution in [-0.2, 0) is 4.79 Å². The van der Waals surface area contributed by atoms with Gasteiger partial charge in [0.2, 0.25) is 5.91 Å². The molecule has 3 rings (SSSR count). The molecule has 1 heterocycles. The number of rotatable bonds is 6. The highest BCUT2D eigenvalue weighted by Crippen LogP contribution is 2.29. The molecule has 0 aliphatic carbocycles. The molecule has 2 amide bonds. The second kappa shape index (κ2) is 8.95. The number of aromatic nitrogens is 1. The van der Waals surface area contributed by atoms with Crippen LogP contribution < -0.4 is 5.32 Å². The van der Waals surface area contributed by atoms with E-state index in [1.165, 1.54) is 4.90 Å². The number of halogens is 2. The molecule has 144 valence electrons. The van der Waals surface area contributed by atoms with Gasteiger partial charge in [-0.05, 0) is 55.5 Å². The van der Waals surface area contributed by atoms with Crippen LogP contribution in [0.25, 0.3) is 5.69 Å². The Balaban J connectivity index is 1.68. The number of nitrogens with zero attached hydrogens (tertiary/aromatic N) is 2. The molecule has 5 nitrogen and oxygen atoms in total. The molecule has 0 unspecified atom stereocenters.